The van der Waals surface area contributed by atoms with Crippen LogP contribution in [0.4, 0.5) is 5.69 Å². The quantitative estimate of drug-likeness (QED) is 0.783. The Hall–Kier alpha value is -2.44. The Kier molecular flexibility index (Phi) is 4.15. The highest BCUT2D eigenvalue weighted by Gasteiger charge is 2.27. The minimum absolute atomic E-state index is 0.100. The summed E-state index contributed by atoms with van der Waals surface area (Å²) in [7, 11) is -3.58. The lowest BCUT2D eigenvalue weighted by Gasteiger charge is -2.19. The van der Waals surface area contributed by atoms with Gasteiger partial charge in [0.15, 0.2) is 0 Å². The predicted molar refractivity (Wildman–Crippen MR) is 99.1 cm³/mol. The molecular formula is C19H19N3O2S. The topological polar surface area (TPSA) is 62.3 Å². The van der Waals surface area contributed by atoms with E-state index < -0.39 is 10.0 Å². The first-order valence-corrected chi connectivity index (χ1v) is 9.77. The van der Waals surface area contributed by atoms with Gasteiger partial charge in [-0.15, -0.1) is 0 Å². The van der Waals surface area contributed by atoms with Gasteiger partial charge < -0.3 is 4.90 Å². The van der Waals surface area contributed by atoms with Gasteiger partial charge in [0.05, 0.1) is 5.52 Å². The third kappa shape index (κ3) is 3.36. The molecule has 1 N–H and O–H groups in total. The number of hydrogen-bond donors (Lipinski definition) is 1. The van der Waals surface area contributed by atoms with E-state index in [1.807, 2.05) is 54.6 Å². The van der Waals surface area contributed by atoms with Crippen LogP contribution in [0.1, 0.15) is 6.42 Å². The number of nitrogens with one attached hydrogen (secondary N) is 1. The third-order valence-electron chi connectivity index (χ3n) is 4.51. The fraction of sp³-hybridized carbons (Fsp3) is 0.211. The molecule has 25 heavy (non-hydrogen) atoms. The highest BCUT2D eigenvalue weighted by molar-refractivity contribution is 7.89. The second-order valence-corrected chi connectivity index (χ2v) is 7.97. The standard InChI is InChI=1S/C19H19N3O2S/c23-25(24,18-12-15-6-4-5-9-19(15)20-13-18)21-16-10-11-22(14-16)17-7-2-1-3-8-17/h1-9,12-13,16,21H,10-11,14H2/t16-/m1/s1. The van der Waals surface area contributed by atoms with E-state index in [9.17, 15) is 8.42 Å². The van der Waals surface area contributed by atoms with Gasteiger partial charge >= 0.3 is 0 Å². The number of sulfonamides is 1. The van der Waals surface area contributed by atoms with Crippen molar-refractivity contribution in [3.63, 3.8) is 0 Å². The van der Waals surface area contributed by atoms with Gasteiger partial charge in [0.25, 0.3) is 0 Å². The lowest BCUT2D eigenvalue weighted by molar-refractivity contribution is 0.561. The van der Waals surface area contributed by atoms with Crippen molar-refractivity contribution in [3.8, 4) is 0 Å². The SMILES string of the molecule is O=S(=O)(N[C@@H]1CCN(c2ccccc2)C1)c1cnc2ccccc2c1. The summed E-state index contributed by atoms with van der Waals surface area (Å²) in [5, 5.41) is 0.822. The van der Waals surface area contributed by atoms with Crippen molar-refractivity contribution in [3.05, 3.63) is 66.9 Å². The van der Waals surface area contributed by atoms with Gasteiger partial charge in [0.2, 0.25) is 10.0 Å². The minimum atomic E-state index is -3.58. The molecule has 1 fully saturated rings. The van der Waals surface area contributed by atoms with Crippen molar-refractivity contribution in [1.29, 1.82) is 0 Å². The van der Waals surface area contributed by atoms with Crippen LogP contribution < -0.4 is 9.62 Å². The molecule has 3 aromatic rings. The number of nitrogens with zero attached hydrogens (tertiary/aromatic N) is 2. The zero-order valence-corrected chi connectivity index (χ0v) is 14.5. The van der Waals surface area contributed by atoms with Crippen molar-refractivity contribution < 1.29 is 8.42 Å². The summed E-state index contributed by atoms with van der Waals surface area (Å²) in [6.45, 7) is 1.51. The molecule has 1 saturated heterocycles. The van der Waals surface area contributed by atoms with Gasteiger partial charge in [0.1, 0.15) is 4.90 Å². The average Bonchev–Trinajstić information content (AvgIpc) is 3.10. The molecule has 4 rings (SSSR count). The van der Waals surface area contributed by atoms with E-state index in [1.165, 1.54) is 6.20 Å². The van der Waals surface area contributed by atoms with Crippen molar-refractivity contribution >= 4 is 26.6 Å². The second-order valence-electron chi connectivity index (χ2n) is 6.25. The first-order valence-electron chi connectivity index (χ1n) is 8.29. The fourth-order valence-corrected chi connectivity index (χ4v) is 4.46. The molecule has 5 nitrogen and oxygen atoms in total. The monoisotopic (exact) mass is 353 g/mol. The van der Waals surface area contributed by atoms with Gasteiger partial charge in [-0.1, -0.05) is 36.4 Å². The maximum Gasteiger partial charge on any atom is 0.242 e. The largest absolute Gasteiger partial charge is 0.370 e. The van der Waals surface area contributed by atoms with Crippen LogP contribution in [0, 0.1) is 0 Å². The van der Waals surface area contributed by atoms with Crippen LogP contribution in [-0.4, -0.2) is 32.5 Å². The molecule has 0 spiro atoms. The van der Waals surface area contributed by atoms with E-state index in [2.05, 4.69) is 14.6 Å². The fourth-order valence-electron chi connectivity index (χ4n) is 3.22. The number of fused-ring (bicyclic) bond motifs is 1. The van der Waals surface area contributed by atoms with Gasteiger partial charge in [-0.2, -0.15) is 0 Å². The van der Waals surface area contributed by atoms with Crippen molar-refractivity contribution in [2.24, 2.45) is 0 Å². The average molecular weight is 353 g/mol. The molecule has 6 heteroatoms. The zero-order chi connectivity index (χ0) is 17.3. The third-order valence-corrected chi connectivity index (χ3v) is 5.99. The van der Waals surface area contributed by atoms with Crippen LogP contribution in [-0.2, 0) is 10.0 Å². The van der Waals surface area contributed by atoms with Crippen LogP contribution in [0.5, 0.6) is 0 Å². The first kappa shape index (κ1) is 16.1. The Bertz CT molecular complexity index is 990. The normalized spacial score (nSPS) is 17.9. The van der Waals surface area contributed by atoms with Crippen molar-refractivity contribution in [2.45, 2.75) is 17.4 Å². The van der Waals surface area contributed by atoms with Crippen LogP contribution in [0.15, 0.2) is 71.8 Å². The number of rotatable bonds is 4. The Morgan fingerprint density at radius 3 is 2.64 bits per heavy atom. The molecule has 0 bridgehead atoms. The van der Waals surface area contributed by atoms with E-state index >= 15 is 0 Å². The van der Waals surface area contributed by atoms with Crippen molar-refractivity contribution in [2.75, 3.05) is 18.0 Å². The number of hydrogen-bond acceptors (Lipinski definition) is 4. The summed E-state index contributed by atoms with van der Waals surface area (Å²) in [5.74, 6) is 0. The summed E-state index contributed by atoms with van der Waals surface area (Å²) in [6, 6.07) is 19.1. The summed E-state index contributed by atoms with van der Waals surface area (Å²) in [5.41, 5.74) is 1.91. The zero-order valence-electron chi connectivity index (χ0n) is 13.7. The Morgan fingerprint density at radius 1 is 1.04 bits per heavy atom. The molecule has 1 aromatic heterocycles. The molecule has 0 radical (unpaired) electrons. The van der Waals surface area contributed by atoms with Crippen LogP contribution >= 0.6 is 0 Å². The minimum Gasteiger partial charge on any atom is -0.370 e. The highest BCUT2D eigenvalue weighted by Crippen LogP contribution is 2.22. The smallest absolute Gasteiger partial charge is 0.242 e. The van der Waals surface area contributed by atoms with Crippen molar-refractivity contribution in [1.82, 2.24) is 9.71 Å². The Balaban J connectivity index is 1.51. The number of benzene rings is 2. The Labute approximate surface area is 147 Å². The molecule has 2 heterocycles. The highest BCUT2D eigenvalue weighted by atomic mass is 32.2. The van der Waals surface area contributed by atoms with Gasteiger partial charge in [-0.3, -0.25) is 4.98 Å². The maximum absolute atomic E-state index is 12.7. The summed E-state index contributed by atoms with van der Waals surface area (Å²) >= 11 is 0. The molecule has 2 aromatic carbocycles. The molecule has 128 valence electrons. The molecule has 1 atom stereocenters. The number of pyridine rings is 1. The molecule has 1 aliphatic heterocycles. The predicted octanol–water partition coefficient (Wildman–Crippen LogP) is 2.79. The summed E-state index contributed by atoms with van der Waals surface area (Å²) in [6.07, 6.45) is 2.21. The van der Waals surface area contributed by atoms with Gasteiger partial charge in [-0.05, 0) is 30.7 Å². The lowest BCUT2D eigenvalue weighted by Crippen LogP contribution is -2.37. The molecule has 0 unspecified atom stereocenters. The van der Waals surface area contributed by atoms with E-state index in [-0.39, 0.29) is 10.9 Å². The summed E-state index contributed by atoms with van der Waals surface area (Å²) in [4.78, 5) is 6.67. The Morgan fingerprint density at radius 2 is 1.80 bits per heavy atom. The number of aromatic nitrogens is 1. The van der Waals surface area contributed by atoms with Crippen LogP contribution in [0.2, 0.25) is 0 Å². The van der Waals surface area contributed by atoms with Crippen LogP contribution in [0.3, 0.4) is 0 Å². The molecule has 1 aliphatic rings. The van der Waals surface area contributed by atoms with E-state index in [0.29, 0.717) is 6.54 Å². The molecule has 0 aliphatic carbocycles. The number of para-hydroxylation sites is 2. The van der Waals surface area contributed by atoms with Gasteiger partial charge in [-0.25, -0.2) is 13.1 Å². The van der Waals surface area contributed by atoms with E-state index in [4.69, 9.17) is 0 Å². The maximum atomic E-state index is 12.7. The lowest BCUT2D eigenvalue weighted by atomic mass is 10.2. The van der Waals surface area contributed by atoms with E-state index in [1.54, 1.807) is 6.07 Å². The van der Waals surface area contributed by atoms with Gasteiger partial charge in [0, 0.05) is 36.4 Å². The van der Waals surface area contributed by atoms with E-state index in [0.717, 1.165) is 29.6 Å². The first-order chi connectivity index (χ1) is 12.1. The van der Waals surface area contributed by atoms with Crippen LogP contribution in [0.25, 0.3) is 10.9 Å². The summed E-state index contributed by atoms with van der Waals surface area (Å²) < 4.78 is 28.2. The molecule has 0 saturated carbocycles. The second kappa shape index (κ2) is 6.46. The number of anilines is 1. The molecular weight excluding hydrogens is 334 g/mol. The molecule has 0 amide bonds.